The molecular weight excluding hydrogens is 421 g/mol. The second-order valence-electron chi connectivity index (χ2n) is 7.61. The fourth-order valence-corrected chi connectivity index (χ4v) is 3.74. The standard InChI is InChI=1S/C27H24FNO4/c1-2-22(28)24(26(30)32-18-19-12-6-3-7-13-19)29-23(20-14-8-4-9-15-20)25(33-27(29)31)21-16-10-5-11-17-21/h3-17,22,24H,2,18H2,1H3. The second kappa shape index (κ2) is 10.1. The van der Waals surface area contributed by atoms with Gasteiger partial charge in [0.05, 0.1) is 5.69 Å². The summed E-state index contributed by atoms with van der Waals surface area (Å²) in [5.41, 5.74) is 2.38. The van der Waals surface area contributed by atoms with E-state index < -0.39 is 23.9 Å². The predicted octanol–water partition coefficient (Wildman–Crippen LogP) is 5.81. The number of nitrogens with zero attached hydrogens (tertiary/aromatic N) is 1. The molecule has 0 saturated heterocycles. The first-order chi connectivity index (χ1) is 16.1. The summed E-state index contributed by atoms with van der Waals surface area (Å²) < 4.78 is 27.4. The molecular formula is C27H24FNO4. The minimum Gasteiger partial charge on any atom is -0.459 e. The Morgan fingerprint density at radius 2 is 1.45 bits per heavy atom. The van der Waals surface area contributed by atoms with Gasteiger partial charge in [0.1, 0.15) is 12.8 Å². The normalized spacial score (nSPS) is 12.8. The quantitative estimate of drug-likeness (QED) is 0.321. The van der Waals surface area contributed by atoms with Gasteiger partial charge in [0.25, 0.3) is 0 Å². The number of benzene rings is 3. The molecule has 0 spiro atoms. The molecule has 0 fully saturated rings. The van der Waals surface area contributed by atoms with Crippen LogP contribution in [-0.4, -0.2) is 16.7 Å². The number of carbonyl (C=O) groups excluding carboxylic acids is 1. The monoisotopic (exact) mass is 445 g/mol. The fourth-order valence-electron chi connectivity index (χ4n) is 3.74. The molecule has 5 nitrogen and oxygen atoms in total. The van der Waals surface area contributed by atoms with Crippen LogP contribution in [0.25, 0.3) is 22.6 Å². The average Bonchev–Trinajstić information content (AvgIpc) is 3.21. The lowest BCUT2D eigenvalue weighted by Crippen LogP contribution is -2.35. The summed E-state index contributed by atoms with van der Waals surface area (Å²) >= 11 is 0. The smallest absolute Gasteiger partial charge is 0.420 e. The van der Waals surface area contributed by atoms with Crippen molar-refractivity contribution in [2.24, 2.45) is 0 Å². The van der Waals surface area contributed by atoms with E-state index in [1.54, 1.807) is 43.3 Å². The Morgan fingerprint density at radius 3 is 2.03 bits per heavy atom. The van der Waals surface area contributed by atoms with Crippen molar-refractivity contribution in [2.75, 3.05) is 0 Å². The molecule has 168 valence electrons. The van der Waals surface area contributed by atoms with Crippen LogP contribution in [0.15, 0.2) is 100 Å². The molecule has 1 aromatic heterocycles. The van der Waals surface area contributed by atoms with E-state index in [1.165, 1.54) is 0 Å². The van der Waals surface area contributed by atoms with Crippen LogP contribution in [0.3, 0.4) is 0 Å². The molecule has 2 unspecified atom stereocenters. The zero-order valence-electron chi connectivity index (χ0n) is 18.2. The predicted molar refractivity (Wildman–Crippen MR) is 124 cm³/mol. The van der Waals surface area contributed by atoms with Gasteiger partial charge in [0, 0.05) is 11.1 Å². The number of carbonyl (C=O) groups is 1. The molecule has 0 amide bonds. The van der Waals surface area contributed by atoms with E-state index in [0.29, 0.717) is 16.8 Å². The number of rotatable bonds is 8. The first kappa shape index (κ1) is 22.3. The van der Waals surface area contributed by atoms with E-state index in [4.69, 9.17) is 9.15 Å². The van der Waals surface area contributed by atoms with Crippen LogP contribution in [0.5, 0.6) is 0 Å². The van der Waals surface area contributed by atoms with Crippen LogP contribution in [0, 0.1) is 0 Å². The molecule has 0 N–H and O–H groups in total. The molecule has 6 heteroatoms. The first-order valence-corrected chi connectivity index (χ1v) is 10.8. The molecule has 2 atom stereocenters. The van der Waals surface area contributed by atoms with E-state index in [-0.39, 0.29) is 18.8 Å². The summed E-state index contributed by atoms with van der Waals surface area (Å²) in [6, 6.07) is 25.7. The summed E-state index contributed by atoms with van der Waals surface area (Å²) in [6.07, 6.45) is -1.62. The van der Waals surface area contributed by atoms with E-state index in [1.807, 2.05) is 54.6 Å². The van der Waals surface area contributed by atoms with Gasteiger partial charge in [-0.05, 0) is 12.0 Å². The summed E-state index contributed by atoms with van der Waals surface area (Å²) in [6.45, 7) is 1.60. The van der Waals surface area contributed by atoms with Gasteiger partial charge in [-0.1, -0.05) is 97.9 Å². The largest absolute Gasteiger partial charge is 0.459 e. The lowest BCUT2D eigenvalue weighted by Gasteiger charge is -2.21. The van der Waals surface area contributed by atoms with Crippen molar-refractivity contribution in [1.29, 1.82) is 0 Å². The summed E-state index contributed by atoms with van der Waals surface area (Å²) in [5, 5.41) is 0. The van der Waals surface area contributed by atoms with Gasteiger partial charge in [-0.3, -0.25) is 4.57 Å². The Hall–Kier alpha value is -3.93. The Bertz CT molecular complexity index is 1250. The number of hydrogen-bond donors (Lipinski definition) is 0. The number of halogens is 1. The zero-order valence-corrected chi connectivity index (χ0v) is 18.2. The Morgan fingerprint density at radius 1 is 0.909 bits per heavy atom. The SMILES string of the molecule is CCC(F)C(C(=O)OCc1ccccc1)n1c(-c2ccccc2)c(-c2ccccc2)oc1=O. The van der Waals surface area contributed by atoms with Crippen molar-refractivity contribution < 1.29 is 18.3 Å². The van der Waals surface area contributed by atoms with Gasteiger partial charge in [0.15, 0.2) is 11.8 Å². The summed E-state index contributed by atoms with van der Waals surface area (Å²) in [4.78, 5) is 26.2. The molecule has 0 bridgehead atoms. The van der Waals surface area contributed by atoms with Gasteiger partial charge >= 0.3 is 11.7 Å². The molecule has 1 heterocycles. The molecule has 4 aromatic rings. The molecule has 3 aromatic carbocycles. The molecule has 33 heavy (non-hydrogen) atoms. The highest BCUT2D eigenvalue weighted by Crippen LogP contribution is 2.35. The highest BCUT2D eigenvalue weighted by Gasteiger charge is 2.36. The average molecular weight is 445 g/mol. The van der Waals surface area contributed by atoms with Gasteiger partial charge < -0.3 is 9.15 Å². The van der Waals surface area contributed by atoms with E-state index in [9.17, 15) is 9.59 Å². The second-order valence-corrected chi connectivity index (χ2v) is 7.61. The molecule has 0 aliphatic rings. The van der Waals surface area contributed by atoms with E-state index >= 15 is 4.39 Å². The maximum absolute atomic E-state index is 15.2. The minimum atomic E-state index is -1.64. The zero-order chi connectivity index (χ0) is 23.2. The van der Waals surface area contributed by atoms with Gasteiger partial charge in [0.2, 0.25) is 0 Å². The van der Waals surface area contributed by atoms with Crippen molar-refractivity contribution >= 4 is 5.97 Å². The maximum Gasteiger partial charge on any atom is 0.420 e. The number of aromatic nitrogens is 1. The minimum absolute atomic E-state index is 0.0224. The van der Waals surface area contributed by atoms with Crippen LogP contribution in [0.2, 0.25) is 0 Å². The van der Waals surface area contributed by atoms with Crippen LogP contribution in [0.1, 0.15) is 24.9 Å². The van der Waals surface area contributed by atoms with Gasteiger partial charge in [-0.2, -0.15) is 0 Å². The highest BCUT2D eigenvalue weighted by atomic mass is 19.1. The lowest BCUT2D eigenvalue weighted by molar-refractivity contribution is -0.151. The van der Waals surface area contributed by atoms with Crippen molar-refractivity contribution in [3.05, 3.63) is 107 Å². The maximum atomic E-state index is 15.2. The Balaban J connectivity index is 1.82. The van der Waals surface area contributed by atoms with Gasteiger partial charge in [-0.25, -0.2) is 14.0 Å². The van der Waals surface area contributed by atoms with Crippen molar-refractivity contribution in [3.63, 3.8) is 0 Å². The van der Waals surface area contributed by atoms with Crippen molar-refractivity contribution in [1.82, 2.24) is 4.57 Å². The Labute approximate surface area is 191 Å². The first-order valence-electron chi connectivity index (χ1n) is 10.8. The molecule has 0 aliphatic carbocycles. The van der Waals surface area contributed by atoms with Crippen LogP contribution in [-0.2, 0) is 16.1 Å². The van der Waals surface area contributed by atoms with E-state index in [0.717, 1.165) is 10.1 Å². The highest BCUT2D eigenvalue weighted by molar-refractivity contribution is 5.81. The summed E-state index contributed by atoms with van der Waals surface area (Å²) in [5.74, 6) is -1.37. The molecule has 0 saturated carbocycles. The number of alkyl halides is 1. The number of ether oxygens (including phenoxy) is 1. The van der Waals surface area contributed by atoms with E-state index in [2.05, 4.69) is 0 Å². The molecule has 0 radical (unpaired) electrons. The van der Waals surface area contributed by atoms with Crippen LogP contribution < -0.4 is 5.76 Å². The Kier molecular flexibility index (Phi) is 6.83. The summed E-state index contributed by atoms with van der Waals surface area (Å²) in [7, 11) is 0. The third-order valence-electron chi connectivity index (χ3n) is 5.40. The third kappa shape index (κ3) is 4.80. The van der Waals surface area contributed by atoms with Gasteiger partial charge in [-0.15, -0.1) is 0 Å². The number of oxazole rings is 1. The molecule has 0 aliphatic heterocycles. The third-order valence-corrected chi connectivity index (χ3v) is 5.40. The van der Waals surface area contributed by atoms with Crippen molar-refractivity contribution in [3.8, 4) is 22.6 Å². The number of hydrogen-bond acceptors (Lipinski definition) is 4. The van der Waals surface area contributed by atoms with Crippen molar-refractivity contribution in [2.45, 2.75) is 32.2 Å². The molecule has 4 rings (SSSR count). The lowest BCUT2D eigenvalue weighted by atomic mass is 10.0. The van der Waals surface area contributed by atoms with Crippen LogP contribution in [0.4, 0.5) is 4.39 Å². The topological polar surface area (TPSA) is 61.4 Å². The van der Waals surface area contributed by atoms with Crippen LogP contribution >= 0.6 is 0 Å². The number of esters is 1. The fraction of sp³-hybridized carbons (Fsp3) is 0.185.